The van der Waals surface area contributed by atoms with E-state index in [2.05, 4.69) is 5.32 Å². The Balaban J connectivity index is 2.45. The molecular weight excluding hydrogens is 248 g/mol. The van der Waals surface area contributed by atoms with E-state index in [4.69, 9.17) is 9.84 Å². The van der Waals surface area contributed by atoms with Gasteiger partial charge in [0, 0.05) is 25.0 Å². The molecule has 1 aliphatic rings. The summed E-state index contributed by atoms with van der Waals surface area (Å²) in [6.07, 6.45) is 0.325. The Kier molecular flexibility index (Phi) is 5.75. The molecule has 6 heteroatoms. The molecule has 0 bridgehead atoms. The van der Waals surface area contributed by atoms with E-state index < -0.39 is 5.97 Å². The summed E-state index contributed by atoms with van der Waals surface area (Å²) in [5.41, 5.74) is -0.0221. The molecule has 0 saturated carbocycles. The van der Waals surface area contributed by atoms with Crippen LogP contribution in [0.3, 0.4) is 0 Å². The summed E-state index contributed by atoms with van der Waals surface area (Å²) in [5.74, 6) is -0.910. The second-order valence-corrected chi connectivity index (χ2v) is 5.84. The first kappa shape index (κ1) is 15.9. The molecule has 0 aromatic carbocycles. The van der Waals surface area contributed by atoms with Crippen molar-refractivity contribution >= 4 is 11.9 Å². The maximum atomic E-state index is 12.1. The number of carbonyl (C=O) groups is 2. The van der Waals surface area contributed by atoms with Crippen LogP contribution in [0.25, 0.3) is 0 Å². The number of aliphatic carboxylic acids is 1. The molecular formula is C13H24N2O4. The normalized spacial score (nSPS) is 20.4. The second-order valence-electron chi connectivity index (χ2n) is 5.84. The molecule has 1 atom stereocenters. The van der Waals surface area contributed by atoms with Crippen LogP contribution in [0, 0.1) is 0 Å². The van der Waals surface area contributed by atoms with E-state index in [-0.39, 0.29) is 23.9 Å². The van der Waals surface area contributed by atoms with Crippen LogP contribution in [-0.2, 0) is 14.3 Å². The maximum Gasteiger partial charge on any atom is 0.305 e. The van der Waals surface area contributed by atoms with Crippen LogP contribution in [0.2, 0.25) is 0 Å². The Morgan fingerprint density at radius 1 is 1.42 bits per heavy atom. The topological polar surface area (TPSA) is 78.9 Å². The maximum absolute atomic E-state index is 12.1. The van der Waals surface area contributed by atoms with Gasteiger partial charge in [0.15, 0.2) is 0 Å². The molecule has 0 radical (unpaired) electrons. The molecule has 1 amide bonds. The van der Waals surface area contributed by atoms with Crippen LogP contribution in [0.1, 0.15) is 33.6 Å². The highest BCUT2D eigenvalue weighted by atomic mass is 16.5. The predicted molar refractivity (Wildman–Crippen MR) is 70.9 cm³/mol. The van der Waals surface area contributed by atoms with Crippen molar-refractivity contribution < 1.29 is 19.4 Å². The zero-order valence-electron chi connectivity index (χ0n) is 11.9. The molecule has 0 spiro atoms. The van der Waals surface area contributed by atoms with Gasteiger partial charge in [-0.3, -0.25) is 9.59 Å². The lowest BCUT2D eigenvalue weighted by Crippen LogP contribution is -2.50. The molecule has 0 aromatic heterocycles. The molecule has 19 heavy (non-hydrogen) atoms. The largest absolute Gasteiger partial charge is 0.481 e. The van der Waals surface area contributed by atoms with Crippen molar-refractivity contribution in [2.75, 3.05) is 26.3 Å². The minimum atomic E-state index is -0.902. The third-order valence-electron chi connectivity index (χ3n) is 2.95. The molecule has 1 rings (SSSR count). The number of hydrogen-bond acceptors (Lipinski definition) is 4. The van der Waals surface area contributed by atoms with E-state index in [1.54, 1.807) is 4.90 Å². The highest BCUT2D eigenvalue weighted by molar-refractivity contribution is 5.78. The highest BCUT2D eigenvalue weighted by Crippen LogP contribution is 2.12. The van der Waals surface area contributed by atoms with Crippen molar-refractivity contribution in [3.8, 4) is 0 Å². The predicted octanol–water partition coefficient (Wildman–Crippen LogP) is 0.467. The molecule has 1 unspecified atom stereocenters. The van der Waals surface area contributed by atoms with Crippen LogP contribution in [0.5, 0.6) is 0 Å². The smallest absolute Gasteiger partial charge is 0.305 e. The molecule has 1 aliphatic heterocycles. The van der Waals surface area contributed by atoms with Crippen molar-refractivity contribution in [2.45, 2.75) is 45.2 Å². The number of ether oxygens (including phenoxy) is 1. The monoisotopic (exact) mass is 272 g/mol. The van der Waals surface area contributed by atoms with Gasteiger partial charge in [0.1, 0.15) is 0 Å². The Morgan fingerprint density at radius 3 is 2.68 bits per heavy atom. The van der Waals surface area contributed by atoms with E-state index in [0.29, 0.717) is 32.7 Å². The van der Waals surface area contributed by atoms with E-state index in [9.17, 15) is 9.59 Å². The number of nitrogens with one attached hydrogen (secondary N) is 1. The lowest BCUT2D eigenvalue weighted by molar-refractivity contribution is -0.146. The standard InChI is InChI=1S/C13H24N2O4/c1-13(2,3)14-5-4-11(16)15-6-7-19-9-10(15)8-12(17)18/h10,14H,4-9H2,1-3H3,(H,17,18). The summed E-state index contributed by atoms with van der Waals surface area (Å²) < 4.78 is 5.25. The first-order chi connectivity index (χ1) is 8.79. The van der Waals surface area contributed by atoms with Crippen molar-refractivity contribution in [3.05, 3.63) is 0 Å². The minimum Gasteiger partial charge on any atom is -0.481 e. The number of amides is 1. The van der Waals surface area contributed by atoms with Gasteiger partial charge in [0.25, 0.3) is 0 Å². The number of carboxylic acid groups (broad SMARTS) is 1. The zero-order chi connectivity index (χ0) is 14.5. The van der Waals surface area contributed by atoms with Gasteiger partial charge in [0.05, 0.1) is 25.7 Å². The molecule has 110 valence electrons. The summed E-state index contributed by atoms with van der Waals surface area (Å²) in [7, 11) is 0. The lowest BCUT2D eigenvalue weighted by Gasteiger charge is -2.35. The number of morpholine rings is 1. The molecule has 6 nitrogen and oxygen atoms in total. The molecule has 1 saturated heterocycles. The van der Waals surface area contributed by atoms with Crippen molar-refractivity contribution in [1.29, 1.82) is 0 Å². The summed E-state index contributed by atoms with van der Waals surface area (Å²) in [5, 5.41) is 12.1. The van der Waals surface area contributed by atoms with Crippen molar-refractivity contribution in [3.63, 3.8) is 0 Å². The van der Waals surface area contributed by atoms with Gasteiger partial charge in [0.2, 0.25) is 5.91 Å². The molecule has 1 heterocycles. The first-order valence-corrected chi connectivity index (χ1v) is 6.63. The van der Waals surface area contributed by atoms with Crippen molar-refractivity contribution in [2.24, 2.45) is 0 Å². The number of rotatable bonds is 5. The summed E-state index contributed by atoms with van der Waals surface area (Å²) in [4.78, 5) is 24.5. The highest BCUT2D eigenvalue weighted by Gasteiger charge is 2.28. The van der Waals surface area contributed by atoms with Gasteiger partial charge in [-0.25, -0.2) is 0 Å². The van der Waals surface area contributed by atoms with Crippen molar-refractivity contribution in [1.82, 2.24) is 10.2 Å². The fourth-order valence-corrected chi connectivity index (χ4v) is 2.04. The number of hydrogen-bond donors (Lipinski definition) is 2. The number of carbonyl (C=O) groups excluding carboxylic acids is 1. The third-order valence-corrected chi connectivity index (χ3v) is 2.95. The molecule has 1 fully saturated rings. The quantitative estimate of drug-likeness (QED) is 0.760. The van der Waals surface area contributed by atoms with Gasteiger partial charge in [-0.1, -0.05) is 0 Å². The van der Waals surface area contributed by atoms with Crippen LogP contribution in [-0.4, -0.2) is 59.8 Å². The first-order valence-electron chi connectivity index (χ1n) is 6.63. The van der Waals surface area contributed by atoms with Crippen LogP contribution >= 0.6 is 0 Å². The molecule has 2 N–H and O–H groups in total. The SMILES string of the molecule is CC(C)(C)NCCC(=O)N1CCOCC1CC(=O)O. The summed E-state index contributed by atoms with van der Waals surface area (Å²) in [6, 6.07) is -0.339. The number of nitrogens with zero attached hydrogens (tertiary/aromatic N) is 1. The van der Waals surface area contributed by atoms with Gasteiger partial charge in [-0.15, -0.1) is 0 Å². The van der Waals surface area contributed by atoms with E-state index in [0.717, 1.165) is 0 Å². The average Bonchev–Trinajstić information content (AvgIpc) is 2.27. The fourth-order valence-electron chi connectivity index (χ4n) is 2.04. The van der Waals surface area contributed by atoms with Gasteiger partial charge in [-0.05, 0) is 20.8 Å². The Bertz CT molecular complexity index is 325. The Labute approximate surface area is 114 Å². The van der Waals surface area contributed by atoms with E-state index in [1.165, 1.54) is 0 Å². The fraction of sp³-hybridized carbons (Fsp3) is 0.846. The van der Waals surface area contributed by atoms with E-state index >= 15 is 0 Å². The molecule has 0 aromatic rings. The Morgan fingerprint density at radius 2 is 2.11 bits per heavy atom. The summed E-state index contributed by atoms with van der Waals surface area (Å²) in [6.45, 7) is 7.99. The molecule has 0 aliphatic carbocycles. The van der Waals surface area contributed by atoms with Crippen LogP contribution in [0.4, 0.5) is 0 Å². The van der Waals surface area contributed by atoms with Crippen LogP contribution in [0.15, 0.2) is 0 Å². The van der Waals surface area contributed by atoms with Gasteiger partial charge < -0.3 is 20.1 Å². The summed E-state index contributed by atoms with van der Waals surface area (Å²) >= 11 is 0. The zero-order valence-corrected chi connectivity index (χ0v) is 11.9. The van der Waals surface area contributed by atoms with Gasteiger partial charge in [-0.2, -0.15) is 0 Å². The third kappa shape index (κ3) is 6.02. The minimum absolute atomic E-state index is 0.00806. The van der Waals surface area contributed by atoms with Crippen LogP contribution < -0.4 is 5.32 Å². The average molecular weight is 272 g/mol. The van der Waals surface area contributed by atoms with E-state index in [1.807, 2.05) is 20.8 Å². The Hall–Kier alpha value is -1.14. The second kappa shape index (κ2) is 6.86. The van der Waals surface area contributed by atoms with Gasteiger partial charge >= 0.3 is 5.97 Å². The lowest BCUT2D eigenvalue weighted by atomic mass is 10.1. The number of carboxylic acids is 1.